The number of hydrogen-bond acceptors (Lipinski definition) is 4. The zero-order valence-electron chi connectivity index (χ0n) is 13.5. The van der Waals surface area contributed by atoms with Crippen LogP contribution in [0.1, 0.15) is 18.4 Å². The summed E-state index contributed by atoms with van der Waals surface area (Å²) in [6.45, 7) is -0.106. The highest BCUT2D eigenvalue weighted by Crippen LogP contribution is 2.22. The summed E-state index contributed by atoms with van der Waals surface area (Å²) < 4.78 is 42.4. The number of piperidine rings is 1. The van der Waals surface area contributed by atoms with Crippen molar-refractivity contribution < 1.29 is 37.4 Å². The number of rotatable bonds is 4. The lowest BCUT2D eigenvalue weighted by Crippen LogP contribution is -2.61. The van der Waals surface area contributed by atoms with Crippen molar-refractivity contribution in [2.24, 2.45) is 0 Å². The molecule has 0 spiro atoms. The molecule has 2 N–H and O–H groups in total. The monoisotopic (exact) mass is 374 g/mol. The maximum atomic E-state index is 12.4. The van der Waals surface area contributed by atoms with Crippen LogP contribution in [0.4, 0.5) is 18.0 Å². The molecule has 2 amide bonds. The van der Waals surface area contributed by atoms with Gasteiger partial charge in [-0.1, -0.05) is 30.3 Å². The standard InChI is InChI=1S/C16H17F3N2O5/c17-16(18,19)14(24)20-11-7-4-8-21(12(11)13(22)23)15(25)26-9-10-5-2-1-3-6-10/h1-3,5-6,11-12H,4,7-9H2,(H,20,24)(H,22,23). The minimum absolute atomic E-state index is 0.00124. The van der Waals surface area contributed by atoms with Gasteiger partial charge in [0.1, 0.15) is 6.61 Å². The number of hydrogen-bond donors (Lipinski definition) is 2. The number of aliphatic carboxylic acids is 1. The van der Waals surface area contributed by atoms with E-state index in [4.69, 9.17) is 4.74 Å². The molecular formula is C16H17F3N2O5. The summed E-state index contributed by atoms with van der Waals surface area (Å²) in [5.74, 6) is -3.76. The van der Waals surface area contributed by atoms with E-state index in [0.717, 1.165) is 4.90 Å². The molecule has 2 atom stereocenters. The SMILES string of the molecule is O=C(O)C1C(NC(=O)C(F)(F)F)CCCN1C(=O)OCc1ccccc1. The van der Waals surface area contributed by atoms with Crippen LogP contribution >= 0.6 is 0 Å². The van der Waals surface area contributed by atoms with E-state index in [1.807, 2.05) is 0 Å². The molecule has 0 saturated carbocycles. The van der Waals surface area contributed by atoms with Crippen molar-refractivity contribution in [3.63, 3.8) is 0 Å². The van der Waals surface area contributed by atoms with E-state index < -0.39 is 36.2 Å². The van der Waals surface area contributed by atoms with Crippen molar-refractivity contribution in [2.45, 2.75) is 37.7 Å². The summed E-state index contributed by atoms with van der Waals surface area (Å²) >= 11 is 0. The van der Waals surface area contributed by atoms with E-state index in [1.165, 1.54) is 0 Å². The summed E-state index contributed by atoms with van der Waals surface area (Å²) in [7, 11) is 0. The maximum absolute atomic E-state index is 12.4. The molecule has 1 aromatic rings. The Kier molecular flexibility index (Phi) is 6.06. The molecule has 1 heterocycles. The van der Waals surface area contributed by atoms with Crippen LogP contribution in [-0.4, -0.2) is 52.8 Å². The van der Waals surface area contributed by atoms with Crippen LogP contribution in [0.25, 0.3) is 0 Å². The summed E-state index contributed by atoms with van der Waals surface area (Å²) in [6, 6.07) is 5.62. The van der Waals surface area contributed by atoms with Crippen molar-refractivity contribution in [2.75, 3.05) is 6.54 Å². The van der Waals surface area contributed by atoms with Gasteiger partial charge in [0.2, 0.25) is 0 Å². The third-order valence-corrected chi connectivity index (χ3v) is 3.90. The van der Waals surface area contributed by atoms with Gasteiger partial charge in [0.15, 0.2) is 6.04 Å². The number of ether oxygens (including phenoxy) is 1. The Hall–Kier alpha value is -2.78. The van der Waals surface area contributed by atoms with Gasteiger partial charge in [0.05, 0.1) is 6.04 Å². The van der Waals surface area contributed by atoms with Crippen LogP contribution < -0.4 is 5.32 Å². The molecule has 0 aromatic heterocycles. The first kappa shape index (κ1) is 19.5. The van der Waals surface area contributed by atoms with Crippen molar-refractivity contribution >= 4 is 18.0 Å². The number of carboxylic acids is 1. The lowest BCUT2D eigenvalue weighted by Gasteiger charge is -2.38. The fourth-order valence-electron chi connectivity index (χ4n) is 2.71. The third-order valence-electron chi connectivity index (χ3n) is 3.90. The molecule has 1 fully saturated rings. The van der Waals surface area contributed by atoms with Gasteiger partial charge in [0, 0.05) is 6.54 Å². The largest absolute Gasteiger partial charge is 0.480 e. The first-order valence-corrected chi connectivity index (χ1v) is 7.78. The first-order chi connectivity index (χ1) is 12.2. The van der Waals surface area contributed by atoms with Gasteiger partial charge in [-0.05, 0) is 18.4 Å². The van der Waals surface area contributed by atoms with Crippen LogP contribution in [-0.2, 0) is 20.9 Å². The van der Waals surface area contributed by atoms with Crippen LogP contribution in [0.3, 0.4) is 0 Å². The van der Waals surface area contributed by atoms with Crippen molar-refractivity contribution in [1.29, 1.82) is 0 Å². The third kappa shape index (κ3) is 4.87. The van der Waals surface area contributed by atoms with E-state index >= 15 is 0 Å². The molecule has 2 rings (SSSR count). The second kappa shape index (κ2) is 8.07. The highest BCUT2D eigenvalue weighted by atomic mass is 19.4. The molecule has 142 valence electrons. The Morgan fingerprint density at radius 2 is 1.88 bits per heavy atom. The second-order valence-electron chi connectivity index (χ2n) is 5.74. The number of carbonyl (C=O) groups is 3. The summed E-state index contributed by atoms with van der Waals surface area (Å²) in [5, 5.41) is 11.0. The molecule has 7 nitrogen and oxygen atoms in total. The predicted octanol–water partition coefficient (Wildman–Crippen LogP) is 1.92. The van der Waals surface area contributed by atoms with Crippen molar-refractivity contribution in [1.82, 2.24) is 10.2 Å². The van der Waals surface area contributed by atoms with Crippen LogP contribution in [0.15, 0.2) is 30.3 Å². The summed E-state index contributed by atoms with van der Waals surface area (Å²) in [4.78, 5) is 35.7. The quantitative estimate of drug-likeness (QED) is 0.840. The lowest BCUT2D eigenvalue weighted by atomic mass is 9.96. The first-order valence-electron chi connectivity index (χ1n) is 7.78. The number of carbonyl (C=O) groups excluding carboxylic acids is 2. The molecule has 1 aromatic carbocycles. The fourth-order valence-corrected chi connectivity index (χ4v) is 2.71. The molecule has 1 saturated heterocycles. The number of benzene rings is 1. The summed E-state index contributed by atoms with van der Waals surface area (Å²) in [6.07, 6.45) is -5.87. The van der Waals surface area contributed by atoms with Gasteiger partial charge in [0.25, 0.3) is 0 Å². The maximum Gasteiger partial charge on any atom is 0.471 e. The molecule has 0 aliphatic carbocycles. The van der Waals surface area contributed by atoms with E-state index in [-0.39, 0.29) is 26.0 Å². The predicted molar refractivity (Wildman–Crippen MR) is 82.0 cm³/mol. The summed E-state index contributed by atoms with van der Waals surface area (Å²) in [5.41, 5.74) is 0.673. The molecule has 0 radical (unpaired) electrons. The molecular weight excluding hydrogens is 357 g/mol. The second-order valence-corrected chi connectivity index (χ2v) is 5.74. The lowest BCUT2D eigenvalue weighted by molar-refractivity contribution is -0.175. The molecule has 0 bridgehead atoms. The molecule has 10 heteroatoms. The van der Waals surface area contributed by atoms with E-state index in [0.29, 0.717) is 5.56 Å². The van der Waals surface area contributed by atoms with Crippen molar-refractivity contribution in [3.05, 3.63) is 35.9 Å². The Morgan fingerprint density at radius 1 is 1.23 bits per heavy atom. The van der Waals surface area contributed by atoms with Gasteiger partial charge in [-0.2, -0.15) is 13.2 Å². The number of nitrogens with one attached hydrogen (secondary N) is 1. The van der Waals surface area contributed by atoms with E-state index in [9.17, 15) is 32.7 Å². The minimum Gasteiger partial charge on any atom is -0.480 e. The van der Waals surface area contributed by atoms with Gasteiger partial charge in [-0.3, -0.25) is 9.69 Å². The number of halogens is 3. The van der Waals surface area contributed by atoms with Crippen LogP contribution in [0.5, 0.6) is 0 Å². The Bertz CT molecular complexity index is 666. The highest BCUT2D eigenvalue weighted by Gasteiger charge is 2.45. The fraction of sp³-hybridized carbons (Fsp3) is 0.438. The molecule has 26 heavy (non-hydrogen) atoms. The Labute approximate surface area is 146 Å². The average Bonchev–Trinajstić information content (AvgIpc) is 2.59. The zero-order valence-corrected chi connectivity index (χ0v) is 13.5. The molecule has 2 unspecified atom stereocenters. The number of nitrogens with zero attached hydrogens (tertiary/aromatic N) is 1. The van der Waals surface area contributed by atoms with Crippen LogP contribution in [0.2, 0.25) is 0 Å². The van der Waals surface area contributed by atoms with E-state index in [1.54, 1.807) is 35.6 Å². The number of carboxylic acid groups (broad SMARTS) is 1. The van der Waals surface area contributed by atoms with Gasteiger partial charge in [-0.15, -0.1) is 0 Å². The van der Waals surface area contributed by atoms with E-state index in [2.05, 4.69) is 0 Å². The normalized spacial score (nSPS) is 20.3. The molecule has 1 aliphatic rings. The number of alkyl halides is 3. The average molecular weight is 374 g/mol. The van der Waals surface area contributed by atoms with Crippen LogP contribution in [0, 0.1) is 0 Å². The van der Waals surface area contributed by atoms with Gasteiger partial charge < -0.3 is 15.2 Å². The molecule has 1 aliphatic heterocycles. The number of amides is 2. The topological polar surface area (TPSA) is 95.9 Å². The minimum atomic E-state index is -5.14. The Morgan fingerprint density at radius 3 is 2.46 bits per heavy atom. The van der Waals surface area contributed by atoms with Crippen molar-refractivity contribution in [3.8, 4) is 0 Å². The smallest absolute Gasteiger partial charge is 0.471 e. The van der Waals surface area contributed by atoms with Gasteiger partial charge >= 0.3 is 24.1 Å². The Balaban J connectivity index is 2.07. The van der Waals surface area contributed by atoms with Gasteiger partial charge in [-0.25, -0.2) is 9.59 Å². The number of likely N-dealkylation sites (tertiary alicyclic amines) is 1. The zero-order chi connectivity index (χ0) is 19.3. The highest BCUT2D eigenvalue weighted by molar-refractivity contribution is 5.85.